The molecule has 0 N–H and O–H groups in total. The third-order valence-electron chi connectivity index (χ3n) is 3.18. The number of hydrogen-bond donors (Lipinski definition) is 0. The van der Waals surface area contributed by atoms with Crippen molar-refractivity contribution in [1.82, 2.24) is 0 Å². The third-order valence-corrected chi connectivity index (χ3v) is 8.34. The Labute approximate surface area is 181 Å². The van der Waals surface area contributed by atoms with Crippen LogP contribution in [0.5, 0.6) is 23.0 Å². The Hall–Kier alpha value is 0.390. The maximum absolute atomic E-state index is 6.13. The summed E-state index contributed by atoms with van der Waals surface area (Å²) in [5.41, 5.74) is 0. The minimum absolute atomic E-state index is 0.00500. The molecule has 13 heteroatoms. The topological polar surface area (TPSA) is 36.9 Å². The van der Waals surface area contributed by atoms with Crippen LogP contribution in [0.25, 0.3) is 0 Å². The molecule has 0 amide bonds. The van der Waals surface area contributed by atoms with Crippen LogP contribution in [-0.2, 0) is 0 Å². The van der Waals surface area contributed by atoms with Crippen molar-refractivity contribution in [2.75, 3.05) is 0 Å². The Kier molecular flexibility index (Phi) is 4.65. The fourth-order valence-electron chi connectivity index (χ4n) is 2.07. The summed E-state index contributed by atoms with van der Waals surface area (Å²) in [5, 5.41) is -0.0779. The van der Waals surface area contributed by atoms with Crippen molar-refractivity contribution in [3.8, 4) is 23.0 Å². The molecule has 0 saturated heterocycles. The Morgan fingerprint density at radius 2 is 0.560 bits per heavy atom. The Morgan fingerprint density at radius 3 is 0.760 bits per heavy atom. The summed E-state index contributed by atoms with van der Waals surface area (Å²) < 4.78 is 22.6. The monoisotopic (exact) mass is 519 g/mol. The zero-order valence-corrected chi connectivity index (χ0v) is 18.0. The van der Waals surface area contributed by atoms with Crippen molar-refractivity contribution in [2.24, 2.45) is 0 Å². The van der Waals surface area contributed by atoms with Gasteiger partial charge in [-0.1, -0.05) is 92.8 Å². The van der Waals surface area contributed by atoms with E-state index in [1.54, 1.807) is 0 Å². The van der Waals surface area contributed by atoms with Gasteiger partial charge in [-0.3, -0.25) is 0 Å². The van der Waals surface area contributed by atoms with Crippen molar-refractivity contribution in [1.29, 1.82) is 0 Å². The zero-order chi connectivity index (χ0) is 18.3. The summed E-state index contributed by atoms with van der Waals surface area (Å²) in [5.74, 6) is 0.0802. The van der Waals surface area contributed by atoms with Crippen molar-refractivity contribution in [3.05, 3.63) is 40.2 Å². The molecule has 0 atom stereocenters. The molecule has 2 heterocycles. The molecule has 2 aliphatic heterocycles. The van der Waals surface area contributed by atoms with E-state index < -0.39 is 8.17 Å². The fraction of sp³-hybridized carbons (Fsp3) is 0. The van der Waals surface area contributed by atoms with Crippen molar-refractivity contribution in [3.63, 3.8) is 0 Å². The quantitative estimate of drug-likeness (QED) is 0.197. The highest BCUT2D eigenvalue weighted by molar-refractivity contribution is 7.58. The summed E-state index contributed by atoms with van der Waals surface area (Å²) in [6, 6.07) is 0. The molecule has 0 unspecified atom stereocenters. The molecule has 0 aromatic heterocycles. The van der Waals surface area contributed by atoms with Gasteiger partial charge < -0.3 is 0 Å². The Morgan fingerprint density at radius 1 is 0.360 bits per heavy atom. The van der Waals surface area contributed by atoms with E-state index in [0.29, 0.717) is 0 Å². The van der Waals surface area contributed by atoms with Gasteiger partial charge in [0.1, 0.15) is 20.1 Å². The van der Waals surface area contributed by atoms with Crippen LogP contribution in [0.3, 0.4) is 0 Å². The highest BCUT2D eigenvalue weighted by atomic mass is 35.5. The molecular formula is C12Cl8O4P+. The van der Waals surface area contributed by atoms with Crippen LogP contribution >= 0.6 is 101 Å². The number of rotatable bonds is 0. The second kappa shape index (κ2) is 6.20. The number of benzene rings is 2. The summed E-state index contributed by atoms with van der Waals surface area (Å²) in [4.78, 5) is 0. The Balaban J connectivity index is 1.83. The number of halogens is 8. The molecule has 2 aromatic carbocycles. The smallest absolute Gasteiger partial charge is 0.235 e. The molecular weight excluding hydrogens is 523 g/mol. The molecule has 0 radical (unpaired) electrons. The number of fused-ring (bicyclic) bond motifs is 2. The van der Waals surface area contributed by atoms with Gasteiger partial charge in [0.15, 0.2) is 0 Å². The molecule has 4 rings (SSSR count). The van der Waals surface area contributed by atoms with Crippen molar-refractivity contribution in [2.45, 2.75) is 0 Å². The van der Waals surface area contributed by atoms with Crippen LogP contribution < -0.4 is 18.1 Å². The Bertz CT molecular complexity index is 811. The molecule has 0 fully saturated rings. The predicted molar refractivity (Wildman–Crippen MR) is 102 cm³/mol. The maximum atomic E-state index is 6.13. The fourth-order valence-corrected chi connectivity index (χ4v) is 5.89. The van der Waals surface area contributed by atoms with Crippen LogP contribution in [0.2, 0.25) is 40.2 Å². The van der Waals surface area contributed by atoms with Gasteiger partial charge in [0.05, 0.1) is 20.1 Å². The summed E-state index contributed by atoms with van der Waals surface area (Å²) >= 11 is 48.6. The van der Waals surface area contributed by atoms with E-state index in [0.717, 1.165) is 0 Å². The highest BCUT2D eigenvalue weighted by Crippen LogP contribution is 2.77. The third kappa shape index (κ3) is 2.61. The first kappa shape index (κ1) is 18.7. The van der Waals surface area contributed by atoms with E-state index in [2.05, 4.69) is 0 Å². The van der Waals surface area contributed by atoms with Gasteiger partial charge >= 0.3 is 8.17 Å². The van der Waals surface area contributed by atoms with Crippen molar-refractivity contribution >= 4 is 101 Å². The van der Waals surface area contributed by atoms with Crippen LogP contribution in [0.15, 0.2) is 0 Å². The summed E-state index contributed by atoms with van der Waals surface area (Å²) in [6.45, 7) is 0. The second-order valence-electron chi connectivity index (χ2n) is 4.64. The molecule has 0 saturated carbocycles. The first-order chi connectivity index (χ1) is 11.7. The van der Waals surface area contributed by atoms with Gasteiger partial charge in [-0.2, -0.15) is 0 Å². The van der Waals surface area contributed by atoms with Gasteiger partial charge in [-0.25, -0.2) is 18.1 Å². The lowest BCUT2D eigenvalue weighted by atomic mass is 10.3. The van der Waals surface area contributed by atoms with E-state index in [4.69, 9.17) is 111 Å². The molecule has 25 heavy (non-hydrogen) atoms. The average molecular weight is 523 g/mol. The van der Waals surface area contributed by atoms with E-state index >= 15 is 0 Å². The number of hydrogen-bond acceptors (Lipinski definition) is 4. The van der Waals surface area contributed by atoms with Crippen LogP contribution in [-0.4, -0.2) is 0 Å². The predicted octanol–water partition coefficient (Wildman–Crippen LogP) is 8.83. The van der Waals surface area contributed by atoms with Crippen LogP contribution in [0.4, 0.5) is 0 Å². The van der Waals surface area contributed by atoms with E-state index in [9.17, 15) is 0 Å². The lowest BCUT2D eigenvalue weighted by molar-refractivity contribution is 0.333. The average Bonchev–Trinajstić information content (AvgIpc) is 3.16. The lowest BCUT2D eigenvalue weighted by Crippen LogP contribution is -2.10. The molecule has 0 bridgehead atoms. The van der Waals surface area contributed by atoms with Gasteiger partial charge in [0.25, 0.3) is 23.0 Å². The van der Waals surface area contributed by atoms with Crippen molar-refractivity contribution < 1.29 is 18.1 Å². The van der Waals surface area contributed by atoms with E-state index in [1.165, 1.54) is 0 Å². The lowest BCUT2D eigenvalue weighted by Gasteiger charge is -2.04. The largest absolute Gasteiger partial charge is 0.767 e. The normalized spacial score (nSPS) is 16.0. The molecule has 0 aliphatic carbocycles. The van der Waals surface area contributed by atoms with E-state index in [1.807, 2.05) is 0 Å². The van der Waals surface area contributed by atoms with Gasteiger partial charge in [-0.15, -0.1) is 0 Å². The second-order valence-corrected chi connectivity index (χ2v) is 9.29. The minimum Gasteiger partial charge on any atom is -0.235 e. The van der Waals surface area contributed by atoms with Crippen LogP contribution in [0, 0.1) is 0 Å². The molecule has 4 nitrogen and oxygen atoms in total. The molecule has 132 valence electrons. The maximum Gasteiger partial charge on any atom is 0.767 e. The van der Waals surface area contributed by atoms with E-state index in [-0.39, 0.29) is 63.2 Å². The molecule has 1 spiro atoms. The highest BCUT2D eigenvalue weighted by Gasteiger charge is 2.69. The summed E-state index contributed by atoms with van der Waals surface area (Å²) in [6.07, 6.45) is 0. The summed E-state index contributed by atoms with van der Waals surface area (Å²) in [7, 11) is -3.52. The van der Waals surface area contributed by atoms with Gasteiger partial charge in [-0.05, 0) is 0 Å². The minimum atomic E-state index is -3.52. The molecule has 2 aliphatic rings. The van der Waals surface area contributed by atoms with Gasteiger partial charge in [0.2, 0.25) is 0 Å². The van der Waals surface area contributed by atoms with Gasteiger partial charge in [0, 0.05) is 0 Å². The zero-order valence-electron chi connectivity index (χ0n) is 11.1. The van der Waals surface area contributed by atoms with Crippen LogP contribution in [0.1, 0.15) is 0 Å². The SMILES string of the molecule is Clc1c(Cl)c(Cl)c2c(c1Cl)O[P+]1(O2)Oc2c(Cl)c(Cl)c(Cl)c(Cl)c2O1. The standard InChI is InChI=1S/C12Cl8O4P/c13-1-2(14)6(18)10-9(5(1)17)21-25(22-10)23-11-7(19)3(15)4(16)8(20)12(11)24-25/q+1. The first-order valence-electron chi connectivity index (χ1n) is 6.06. The molecule has 2 aromatic rings. The first-order valence-corrected chi connectivity index (χ1v) is 10.5.